The first-order valence-electron chi connectivity index (χ1n) is 8.00. The fourth-order valence-corrected chi connectivity index (χ4v) is 3.02. The van der Waals surface area contributed by atoms with Gasteiger partial charge in [-0.2, -0.15) is 5.26 Å². The van der Waals surface area contributed by atoms with Crippen LogP contribution in [0.4, 0.5) is 0 Å². The van der Waals surface area contributed by atoms with Crippen LogP contribution in [0.5, 0.6) is 0 Å². The summed E-state index contributed by atoms with van der Waals surface area (Å²) in [4.78, 5) is 16.0. The van der Waals surface area contributed by atoms with E-state index in [0.717, 1.165) is 13.0 Å². The standard InChI is InChI=1S/C15H24N6O2/c1-2-20(9-4-6-16)14(22)11-19-8-3-5-15(23,12-19)13-21-10-7-17-18-21/h7,10,23H,2-5,8-9,11-13H2,1H3. The summed E-state index contributed by atoms with van der Waals surface area (Å²) < 4.78 is 1.62. The van der Waals surface area contributed by atoms with Gasteiger partial charge >= 0.3 is 0 Å². The second-order valence-corrected chi connectivity index (χ2v) is 6.02. The lowest BCUT2D eigenvalue weighted by Crippen LogP contribution is -2.53. The average Bonchev–Trinajstić information content (AvgIpc) is 3.00. The third-order valence-corrected chi connectivity index (χ3v) is 4.15. The molecule has 1 aromatic rings. The van der Waals surface area contributed by atoms with E-state index in [2.05, 4.69) is 16.4 Å². The summed E-state index contributed by atoms with van der Waals surface area (Å²) in [6.45, 7) is 4.85. The molecule has 0 saturated carbocycles. The molecule has 1 aromatic heterocycles. The highest BCUT2D eigenvalue weighted by Crippen LogP contribution is 2.22. The van der Waals surface area contributed by atoms with Crippen molar-refractivity contribution >= 4 is 5.91 Å². The van der Waals surface area contributed by atoms with Crippen LogP contribution >= 0.6 is 0 Å². The van der Waals surface area contributed by atoms with Gasteiger partial charge in [-0.05, 0) is 26.3 Å². The molecule has 8 heteroatoms. The summed E-state index contributed by atoms with van der Waals surface area (Å²) in [5.74, 6) is 0.00718. The normalized spacial score (nSPS) is 21.8. The van der Waals surface area contributed by atoms with E-state index in [-0.39, 0.29) is 12.5 Å². The number of amides is 1. The summed E-state index contributed by atoms with van der Waals surface area (Å²) in [7, 11) is 0. The number of hydrogen-bond donors (Lipinski definition) is 1. The van der Waals surface area contributed by atoms with Gasteiger partial charge < -0.3 is 10.0 Å². The molecule has 1 amide bonds. The third-order valence-electron chi connectivity index (χ3n) is 4.15. The number of β-amino-alcohol motifs (C(OH)–C–C–N with tert-alkyl or cyclic N) is 1. The number of likely N-dealkylation sites (N-methyl/N-ethyl adjacent to an activating group) is 1. The SMILES string of the molecule is CCN(CCC#N)C(=O)CN1CCCC(O)(Cn2ccnn2)C1. The van der Waals surface area contributed by atoms with Gasteiger partial charge in [0.1, 0.15) is 0 Å². The Kier molecular flexibility index (Phi) is 6.07. The summed E-state index contributed by atoms with van der Waals surface area (Å²) in [5, 5.41) is 27.1. The lowest BCUT2D eigenvalue weighted by atomic mass is 9.93. The van der Waals surface area contributed by atoms with Gasteiger partial charge in [0.05, 0.1) is 37.4 Å². The Bertz CT molecular complexity index is 541. The molecule has 126 valence electrons. The number of aromatic nitrogens is 3. The first kappa shape index (κ1) is 17.4. The van der Waals surface area contributed by atoms with Crippen LogP contribution in [0.2, 0.25) is 0 Å². The summed E-state index contributed by atoms with van der Waals surface area (Å²) >= 11 is 0. The molecular formula is C15H24N6O2. The van der Waals surface area contributed by atoms with Gasteiger partial charge in [0.25, 0.3) is 0 Å². The Balaban J connectivity index is 1.90. The zero-order chi connectivity index (χ0) is 16.7. The molecule has 0 bridgehead atoms. The van der Waals surface area contributed by atoms with Crippen LogP contribution in [0.1, 0.15) is 26.2 Å². The maximum atomic E-state index is 12.3. The molecule has 2 rings (SSSR count). The van der Waals surface area contributed by atoms with E-state index in [1.54, 1.807) is 22.0 Å². The van der Waals surface area contributed by atoms with E-state index in [1.807, 2.05) is 11.8 Å². The van der Waals surface area contributed by atoms with E-state index >= 15 is 0 Å². The molecular weight excluding hydrogens is 296 g/mol. The topological polar surface area (TPSA) is 98.3 Å². The summed E-state index contributed by atoms with van der Waals surface area (Å²) in [6, 6.07) is 2.07. The van der Waals surface area contributed by atoms with Crippen LogP contribution < -0.4 is 0 Å². The maximum Gasteiger partial charge on any atom is 0.236 e. The molecule has 0 aliphatic carbocycles. The minimum Gasteiger partial charge on any atom is -0.387 e. The number of aliphatic hydroxyl groups is 1. The first-order valence-corrected chi connectivity index (χ1v) is 8.00. The van der Waals surface area contributed by atoms with Crippen molar-refractivity contribution in [3.8, 4) is 6.07 Å². The molecule has 1 unspecified atom stereocenters. The highest BCUT2D eigenvalue weighted by atomic mass is 16.3. The van der Waals surface area contributed by atoms with Crippen LogP contribution in [0.15, 0.2) is 12.4 Å². The molecule has 0 aromatic carbocycles. The van der Waals surface area contributed by atoms with Gasteiger partial charge in [0.15, 0.2) is 0 Å². The van der Waals surface area contributed by atoms with Crippen LogP contribution in [-0.4, -0.2) is 74.1 Å². The van der Waals surface area contributed by atoms with Gasteiger partial charge in [0, 0.05) is 25.8 Å². The van der Waals surface area contributed by atoms with E-state index in [1.165, 1.54) is 0 Å². The molecule has 1 N–H and O–H groups in total. The van der Waals surface area contributed by atoms with Crippen molar-refractivity contribution in [1.29, 1.82) is 5.26 Å². The minimum atomic E-state index is -0.893. The highest BCUT2D eigenvalue weighted by molar-refractivity contribution is 5.78. The molecule has 23 heavy (non-hydrogen) atoms. The van der Waals surface area contributed by atoms with Crippen molar-refractivity contribution in [2.45, 2.75) is 38.3 Å². The van der Waals surface area contributed by atoms with Gasteiger partial charge in [-0.3, -0.25) is 9.69 Å². The van der Waals surface area contributed by atoms with Crippen LogP contribution in [-0.2, 0) is 11.3 Å². The minimum absolute atomic E-state index is 0.00718. The predicted molar refractivity (Wildman–Crippen MR) is 83.1 cm³/mol. The van der Waals surface area contributed by atoms with Crippen LogP contribution in [0.25, 0.3) is 0 Å². The quantitative estimate of drug-likeness (QED) is 0.751. The predicted octanol–water partition coefficient (Wildman–Crippen LogP) is -0.133. The van der Waals surface area contributed by atoms with Crippen molar-refractivity contribution in [3.05, 3.63) is 12.4 Å². The van der Waals surface area contributed by atoms with Crippen molar-refractivity contribution in [1.82, 2.24) is 24.8 Å². The number of carbonyl (C=O) groups is 1. The average molecular weight is 320 g/mol. The van der Waals surface area contributed by atoms with Gasteiger partial charge in [-0.1, -0.05) is 5.21 Å². The van der Waals surface area contributed by atoms with Crippen molar-refractivity contribution in [3.63, 3.8) is 0 Å². The Morgan fingerprint density at radius 2 is 2.39 bits per heavy atom. The molecule has 0 spiro atoms. The highest BCUT2D eigenvalue weighted by Gasteiger charge is 2.35. The third kappa shape index (κ3) is 5.01. The van der Waals surface area contributed by atoms with Crippen LogP contribution in [0, 0.1) is 11.3 Å². The Hall–Kier alpha value is -1.98. The molecule has 8 nitrogen and oxygen atoms in total. The van der Waals surface area contributed by atoms with Crippen molar-refractivity contribution < 1.29 is 9.90 Å². The Morgan fingerprint density at radius 1 is 1.57 bits per heavy atom. The van der Waals surface area contributed by atoms with E-state index in [4.69, 9.17) is 5.26 Å². The second-order valence-electron chi connectivity index (χ2n) is 6.02. The Morgan fingerprint density at radius 3 is 3.04 bits per heavy atom. The molecule has 1 fully saturated rings. The number of nitrogens with zero attached hydrogens (tertiary/aromatic N) is 6. The lowest BCUT2D eigenvalue weighted by molar-refractivity contribution is -0.134. The zero-order valence-corrected chi connectivity index (χ0v) is 13.6. The van der Waals surface area contributed by atoms with Gasteiger partial charge in [0.2, 0.25) is 5.91 Å². The lowest BCUT2D eigenvalue weighted by Gasteiger charge is -2.39. The van der Waals surface area contributed by atoms with Crippen molar-refractivity contribution in [2.75, 3.05) is 32.7 Å². The number of nitriles is 1. The van der Waals surface area contributed by atoms with Gasteiger partial charge in [-0.25, -0.2) is 4.68 Å². The summed E-state index contributed by atoms with van der Waals surface area (Å²) in [5.41, 5.74) is -0.893. The number of piperidine rings is 1. The van der Waals surface area contributed by atoms with Gasteiger partial charge in [-0.15, -0.1) is 5.10 Å². The summed E-state index contributed by atoms with van der Waals surface area (Å²) in [6.07, 6.45) is 5.17. The zero-order valence-electron chi connectivity index (χ0n) is 13.6. The van der Waals surface area contributed by atoms with Crippen molar-refractivity contribution in [2.24, 2.45) is 0 Å². The fraction of sp³-hybridized carbons (Fsp3) is 0.733. The first-order chi connectivity index (χ1) is 11.1. The molecule has 1 saturated heterocycles. The monoisotopic (exact) mass is 320 g/mol. The molecule has 0 radical (unpaired) electrons. The second kappa shape index (κ2) is 8.04. The number of rotatable bonds is 7. The fourth-order valence-electron chi connectivity index (χ4n) is 3.02. The number of likely N-dealkylation sites (tertiary alicyclic amines) is 1. The maximum absolute atomic E-state index is 12.3. The molecule has 1 aliphatic rings. The van der Waals surface area contributed by atoms with E-state index < -0.39 is 5.60 Å². The molecule has 2 heterocycles. The number of carbonyl (C=O) groups excluding carboxylic acids is 1. The molecule has 1 atom stereocenters. The Labute approximate surface area is 136 Å². The molecule has 1 aliphatic heterocycles. The smallest absolute Gasteiger partial charge is 0.236 e. The number of hydrogen-bond acceptors (Lipinski definition) is 6. The largest absolute Gasteiger partial charge is 0.387 e. The van der Waals surface area contributed by atoms with E-state index in [0.29, 0.717) is 39.0 Å². The van der Waals surface area contributed by atoms with Crippen LogP contribution in [0.3, 0.4) is 0 Å². The van der Waals surface area contributed by atoms with E-state index in [9.17, 15) is 9.90 Å².